The van der Waals surface area contributed by atoms with Gasteiger partial charge in [0.15, 0.2) is 5.69 Å². The van der Waals surface area contributed by atoms with Crippen LogP contribution in [0.15, 0.2) is 48.8 Å². The molecule has 0 unspecified atom stereocenters. The first-order valence-electron chi connectivity index (χ1n) is 13.9. The van der Waals surface area contributed by atoms with E-state index in [0.29, 0.717) is 77.1 Å². The molecule has 1 saturated carbocycles. The zero-order valence-electron chi connectivity index (χ0n) is 23.1. The first kappa shape index (κ1) is 27.4. The normalized spacial score (nSPS) is 16.3. The van der Waals surface area contributed by atoms with Crippen LogP contribution in [0.25, 0.3) is 28.1 Å². The molecule has 3 N–H and O–H groups in total. The molecule has 218 valence electrons. The Morgan fingerprint density at radius 3 is 2.49 bits per heavy atom. The molecular formula is C31H26Cl2N6O4. The van der Waals surface area contributed by atoms with Crippen molar-refractivity contribution in [3.63, 3.8) is 0 Å². The maximum absolute atomic E-state index is 14.2. The average molecular weight is 617 g/mol. The summed E-state index contributed by atoms with van der Waals surface area (Å²) in [4.78, 5) is 44.8. The maximum atomic E-state index is 14.2. The lowest BCUT2D eigenvalue weighted by Gasteiger charge is -2.35. The van der Waals surface area contributed by atoms with E-state index >= 15 is 0 Å². The van der Waals surface area contributed by atoms with Gasteiger partial charge in [-0.05, 0) is 67.6 Å². The van der Waals surface area contributed by atoms with Gasteiger partial charge in [0.1, 0.15) is 11.3 Å². The smallest absolute Gasteiger partial charge is 0.275 e. The Labute approximate surface area is 256 Å². The van der Waals surface area contributed by atoms with Gasteiger partial charge in [0.2, 0.25) is 11.8 Å². The first-order valence-corrected chi connectivity index (χ1v) is 14.6. The van der Waals surface area contributed by atoms with E-state index in [9.17, 15) is 14.4 Å². The summed E-state index contributed by atoms with van der Waals surface area (Å²) >= 11 is 12.8. The van der Waals surface area contributed by atoms with Crippen LogP contribution in [0.4, 0.5) is 0 Å². The fraction of sp³-hybridized carbons (Fsp3) is 0.258. The fourth-order valence-electron chi connectivity index (χ4n) is 6.23. The van der Waals surface area contributed by atoms with E-state index in [2.05, 4.69) is 10.3 Å². The number of piperazine rings is 1. The van der Waals surface area contributed by atoms with Crippen molar-refractivity contribution in [2.24, 2.45) is 5.73 Å². The Bertz CT molecular complexity index is 1840. The summed E-state index contributed by atoms with van der Waals surface area (Å²) in [6, 6.07) is 10.7. The monoisotopic (exact) mass is 616 g/mol. The van der Waals surface area contributed by atoms with Crippen LogP contribution in [0.5, 0.6) is 5.75 Å². The van der Waals surface area contributed by atoms with Gasteiger partial charge in [0, 0.05) is 57.8 Å². The minimum absolute atomic E-state index is 0.115. The number of nitrogens with zero attached hydrogens (tertiary/aromatic N) is 4. The Morgan fingerprint density at radius 1 is 1.02 bits per heavy atom. The number of carbonyl (C=O) groups is 3. The van der Waals surface area contributed by atoms with Gasteiger partial charge in [-0.2, -0.15) is 5.10 Å². The number of methoxy groups -OCH3 is 1. The molecule has 1 spiro atoms. The molecular weight excluding hydrogens is 591 g/mol. The summed E-state index contributed by atoms with van der Waals surface area (Å²) in [5, 5.41) is 8.63. The molecule has 2 fully saturated rings. The van der Waals surface area contributed by atoms with E-state index in [1.165, 1.54) is 6.20 Å². The van der Waals surface area contributed by atoms with Crippen LogP contribution in [-0.4, -0.2) is 63.1 Å². The number of amides is 3. The second-order valence-electron chi connectivity index (χ2n) is 11.0. The fourth-order valence-corrected chi connectivity index (χ4v) is 6.75. The predicted octanol–water partition coefficient (Wildman–Crippen LogP) is 4.22. The molecule has 2 aromatic carbocycles. The van der Waals surface area contributed by atoms with Crippen molar-refractivity contribution in [2.45, 2.75) is 31.2 Å². The molecule has 3 amide bonds. The number of pyridine rings is 1. The Morgan fingerprint density at radius 2 is 1.79 bits per heavy atom. The van der Waals surface area contributed by atoms with Gasteiger partial charge in [0.05, 0.1) is 24.1 Å². The molecule has 43 heavy (non-hydrogen) atoms. The predicted molar refractivity (Wildman–Crippen MR) is 161 cm³/mol. The number of fused-ring (bicyclic) bond motifs is 3. The van der Waals surface area contributed by atoms with E-state index in [1.807, 2.05) is 12.1 Å². The second-order valence-corrected chi connectivity index (χ2v) is 11.9. The molecule has 2 aromatic heterocycles. The van der Waals surface area contributed by atoms with Gasteiger partial charge in [0.25, 0.3) is 5.91 Å². The Balaban J connectivity index is 1.45. The van der Waals surface area contributed by atoms with Crippen LogP contribution < -0.4 is 15.8 Å². The SMILES string of the molecule is COc1cc2c(cc1-c1cncc(C(N)=O)c1)-c1c(c(C(=O)N3CCNC(=O)C34CC4)nn1-c1cc(Cl)cc(Cl)c1)CC2. The minimum atomic E-state index is -0.809. The highest BCUT2D eigenvalue weighted by molar-refractivity contribution is 6.34. The zero-order valence-corrected chi connectivity index (χ0v) is 24.6. The number of rotatable bonds is 5. The van der Waals surface area contributed by atoms with E-state index < -0.39 is 11.4 Å². The summed E-state index contributed by atoms with van der Waals surface area (Å²) in [5.41, 5.74) is 10.5. The number of aromatic nitrogens is 3. The number of hydrogen-bond acceptors (Lipinski definition) is 6. The lowest BCUT2D eigenvalue weighted by atomic mass is 9.86. The second kappa shape index (κ2) is 10.1. The van der Waals surface area contributed by atoms with Crippen LogP contribution >= 0.6 is 23.2 Å². The zero-order chi connectivity index (χ0) is 30.0. The molecule has 1 saturated heterocycles. The largest absolute Gasteiger partial charge is 0.496 e. The molecule has 3 heterocycles. The van der Waals surface area contributed by atoms with Gasteiger partial charge in [-0.3, -0.25) is 19.4 Å². The molecule has 3 aliphatic rings. The van der Waals surface area contributed by atoms with Gasteiger partial charge in [-0.15, -0.1) is 0 Å². The maximum Gasteiger partial charge on any atom is 0.275 e. The van der Waals surface area contributed by atoms with Crippen LogP contribution in [-0.2, 0) is 17.6 Å². The standard InChI is InChI=1S/C31H26Cl2N6O4/c1-43-25-9-16-2-3-22-26(29(41)38-7-6-36-30(42)31(38)4-5-31)37-39(21-11-19(32)10-20(33)12-21)27(22)24(16)13-23(25)17-8-18(28(34)40)15-35-14-17/h8-15H,2-7H2,1H3,(H2,34,40)(H,36,42). The summed E-state index contributed by atoms with van der Waals surface area (Å²) in [6.07, 6.45) is 5.49. The molecule has 4 aromatic rings. The number of primary amides is 1. The topological polar surface area (TPSA) is 132 Å². The van der Waals surface area contributed by atoms with Crippen molar-refractivity contribution in [1.29, 1.82) is 0 Å². The summed E-state index contributed by atoms with van der Waals surface area (Å²) in [5.74, 6) is -0.372. The Hall–Kier alpha value is -4.41. The molecule has 0 atom stereocenters. The lowest BCUT2D eigenvalue weighted by molar-refractivity contribution is -0.129. The van der Waals surface area contributed by atoms with E-state index in [4.69, 9.17) is 38.8 Å². The van der Waals surface area contributed by atoms with Crippen LogP contribution in [0.2, 0.25) is 10.0 Å². The summed E-state index contributed by atoms with van der Waals surface area (Å²) in [6.45, 7) is 0.805. The number of ether oxygens (including phenoxy) is 1. The van der Waals surface area contributed by atoms with Crippen molar-refractivity contribution in [2.75, 3.05) is 20.2 Å². The van der Waals surface area contributed by atoms with Gasteiger partial charge in [-0.1, -0.05) is 23.2 Å². The van der Waals surface area contributed by atoms with Crippen molar-refractivity contribution in [3.8, 4) is 33.8 Å². The number of benzene rings is 2. The first-order chi connectivity index (χ1) is 20.7. The minimum Gasteiger partial charge on any atom is -0.496 e. The van der Waals surface area contributed by atoms with Gasteiger partial charge >= 0.3 is 0 Å². The third-order valence-corrected chi connectivity index (χ3v) is 8.90. The number of nitrogens with one attached hydrogen (secondary N) is 1. The number of nitrogens with two attached hydrogens (primary N) is 1. The Kier molecular flexibility index (Phi) is 6.44. The van der Waals surface area contributed by atoms with Crippen molar-refractivity contribution >= 4 is 40.9 Å². The molecule has 7 rings (SSSR count). The average Bonchev–Trinajstić information content (AvgIpc) is 3.68. The van der Waals surface area contributed by atoms with Crippen molar-refractivity contribution in [3.05, 3.63) is 81.2 Å². The lowest BCUT2D eigenvalue weighted by Crippen LogP contribution is -2.59. The highest BCUT2D eigenvalue weighted by atomic mass is 35.5. The van der Waals surface area contributed by atoms with Gasteiger partial charge < -0.3 is 20.7 Å². The highest BCUT2D eigenvalue weighted by Crippen LogP contribution is 2.46. The van der Waals surface area contributed by atoms with Crippen molar-refractivity contribution < 1.29 is 19.1 Å². The third kappa shape index (κ3) is 4.44. The summed E-state index contributed by atoms with van der Waals surface area (Å²) in [7, 11) is 1.59. The van der Waals surface area contributed by atoms with Crippen LogP contribution in [0.3, 0.4) is 0 Å². The number of carbonyl (C=O) groups excluding carboxylic acids is 3. The van der Waals surface area contributed by atoms with E-state index in [-0.39, 0.29) is 17.4 Å². The number of aryl methyl sites for hydroxylation is 1. The molecule has 10 nitrogen and oxygen atoms in total. The third-order valence-electron chi connectivity index (χ3n) is 8.47. The van der Waals surface area contributed by atoms with Crippen LogP contribution in [0, 0.1) is 0 Å². The van der Waals surface area contributed by atoms with Gasteiger partial charge in [-0.25, -0.2) is 4.68 Å². The summed E-state index contributed by atoms with van der Waals surface area (Å²) < 4.78 is 7.47. The molecule has 12 heteroatoms. The highest BCUT2D eigenvalue weighted by Gasteiger charge is 2.58. The van der Waals surface area contributed by atoms with Crippen molar-refractivity contribution in [1.82, 2.24) is 25.0 Å². The van der Waals surface area contributed by atoms with E-state index in [0.717, 1.165) is 22.4 Å². The van der Waals surface area contributed by atoms with Crippen LogP contribution in [0.1, 0.15) is 44.8 Å². The molecule has 2 aliphatic carbocycles. The van der Waals surface area contributed by atoms with E-state index in [1.54, 1.807) is 47.2 Å². The quantitative estimate of drug-likeness (QED) is 0.345. The number of halogens is 2. The molecule has 0 bridgehead atoms. The molecule has 0 radical (unpaired) electrons. The molecule has 1 aliphatic heterocycles. The number of hydrogen-bond donors (Lipinski definition) is 2.